The van der Waals surface area contributed by atoms with Gasteiger partial charge in [0.2, 0.25) is 0 Å². The molecule has 0 bridgehead atoms. The van der Waals surface area contributed by atoms with E-state index in [2.05, 4.69) is 93.2 Å². The minimum absolute atomic E-state index is 0.0713. The van der Waals surface area contributed by atoms with E-state index in [-0.39, 0.29) is 12.3 Å². The second-order valence-electron chi connectivity index (χ2n) is 10.4. The minimum atomic E-state index is -0.0713. The fraction of sp³-hybridized carbons (Fsp3) is 0.172. The van der Waals surface area contributed by atoms with Crippen molar-refractivity contribution in [1.82, 2.24) is 0 Å². The van der Waals surface area contributed by atoms with Gasteiger partial charge in [0.15, 0.2) is 0 Å². The number of nitrogens with zero attached hydrogens (tertiary/aromatic N) is 1. The third-order valence-corrected chi connectivity index (χ3v) is 8.07. The zero-order chi connectivity index (χ0) is 21.5. The van der Waals surface area contributed by atoms with Crippen LogP contribution in [0.4, 0.5) is 11.4 Å². The second-order valence-corrected chi connectivity index (χ2v) is 10.4. The summed E-state index contributed by atoms with van der Waals surface area (Å²) in [5, 5.41) is 0. The highest BCUT2D eigenvalue weighted by atomic mass is 16.5. The number of hydrogen-bond acceptors (Lipinski definition) is 2. The Morgan fingerprint density at radius 2 is 1.19 bits per heavy atom. The van der Waals surface area contributed by atoms with E-state index in [0.29, 0.717) is 0 Å². The first-order valence-corrected chi connectivity index (χ1v) is 11.5. The number of rotatable bonds is 0. The van der Waals surface area contributed by atoms with Crippen LogP contribution in [-0.2, 0) is 5.41 Å². The lowest BCUT2D eigenvalue weighted by Crippen LogP contribution is -2.63. The highest BCUT2D eigenvalue weighted by molar-refractivity contribution is 6.94. The number of benzene rings is 4. The first-order chi connectivity index (χ1) is 15.4. The first-order valence-electron chi connectivity index (χ1n) is 11.5. The van der Waals surface area contributed by atoms with Crippen LogP contribution >= 0.6 is 0 Å². The number of ether oxygens (including phenoxy) is 1. The maximum atomic E-state index is 6.54. The first kappa shape index (κ1) is 17.1. The van der Waals surface area contributed by atoms with Gasteiger partial charge in [0.1, 0.15) is 11.5 Å². The van der Waals surface area contributed by atoms with Gasteiger partial charge in [-0.05, 0) is 60.4 Å². The van der Waals surface area contributed by atoms with Gasteiger partial charge in [0.25, 0.3) is 0 Å². The lowest BCUT2D eigenvalue weighted by atomic mass is 9.40. The Bertz CT molecular complexity index is 1450. The molecular formula is C29H22BNO. The predicted molar refractivity (Wildman–Crippen MR) is 133 cm³/mol. The van der Waals surface area contributed by atoms with E-state index in [4.69, 9.17) is 4.74 Å². The molecule has 32 heavy (non-hydrogen) atoms. The normalized spacial score (nSPS) is 16.5. The lowest BCUT2D eigenvalue weighted by molar-refractivity contribution is 0.487. The van der Waals surface area contributed by atoms with E-state index in [1.165, 1.54) is 66.8 Å². The van der Waals surface area contributed by atoms with E-state index in [9.17, 15) is 0 Å². The molecule has 0 amide bonds. The van der Waals surface area contributed by atoms with Gasteiger partial charge in [-0.25, -0.2) is 0 Å². The number of anilines is 2. The van der Waals surface area contributed by atoms with Crippen molar-refractivity contribution in [3.05, 3.63) is 82.9 Å². The lowest BCUT2D eigenvalue weighted by Gasteiger charge is -2.52. The molecule has 0 spiro atoms. The van der Waals surface area contributed by atoms with E-state index in [0.717, 1.165) is 11.5 Å². The third-order valence-electron chi connectivity index (χ3n) is 8.07. The fourth-order valence-corrected chi connectivity index (χ4v) is 6.78. The standard InChI is InChI=1S/C29H22BNO/c1-15-11-19-17-7-5-9-23-25(17)30-26-18(8-6-10-24(26)32-23)20-12-16(2)14-22-28(20)31(30)27(19)21(13-15)29(22,3)4/h5-14H,1-4H3. The summed E-state index contributed by atoms with van der Waals surface area (Å²) in [6.45, 7) is 9.41. The van der Waals surface area contributed by atoms with Crippen LogP contribution in [0.15, 0.2) is 60.7 Å². The van der Waals surface area contributed by atoms with Crippen LogP contribution in [0.1, 0.15) is 36.1 Å². The fourth-order valence-electron chi connectivity index (χ4n) is 6.78. The highest BCUT2D eigenvalue weighted by Crippen LogP contribution is 2.59. The predicted octanol–water partition coefficient (Wildman–Crippen LogP) is 5.95. The molecule has 0 saturated carbocycles. The van der Waals surface area contributed by atoms with Gasteiger partial charge in [0, 0.05) is 38.8 Å². The molecule has 4 aliphatic rings. The zero-order valence-electron chi connectivity index (χ0n) is 18.7. The van der Waals surface area contributed by atoms with E-state index in [1.54, 1.807) is 0 Å². The van der Waals surface area contributed by atoms with E-state index in [1.807, 2.05) is 0 Å². The average Bonchev–Trinajstić information content (AvgIpc) is 2.77. The van der Waals surface area contributed by atoms with Crippen molar-refractivity contribution in [3.8, 4) is 33.8 Å². The van der Waals surface area contributed by atoms with Gasteiger partial charge >= 0.3 is 6.85 Å². The van der Waals surface area contributed by atoms with Gasteiger partial charge < -0.3 is 9.55 Å². The van der Waals surface area contributed by atoms with Gasteiger partial charge in [-0.15, -0.1) is 0 Å². The molecule has 0 atom stereocenters. The SMILES string of the molecule is Cc1cc2c3c(c1)C(C)(C)c1cc(C)cc4c1N3B1c3c(cccc3-2)Oc2cccc-4c21. The molecule has 8 rings (SSSR count). The minimum Gasteiger partial charge on any atom is -0.458 e. The Balaban J connectivity index is 1.66. The maximum absolute atomic E-state index is 6.54. The van der Waals surface area contributed by atoms with Crippen LogP contribution in [0.2, 0.25) is 0 Å². The van der Waals surface area contributed by atoms with Crippen molar-refractivity contribution < 1.29 is 4.74 Å². The summed E-state index contributed by atoms with van der Waals surface area (Å²) in [5.41, 5.74) is 16.1. The summed E-state index contributed by atoms with van der Waals surface area (Å²) in [6.07, 6.45) is 0. The molecule has 4 aromatic rings. The summed E-state index contributed by atoms with van der Waals surface area (Å²) in [7, 11) is 0. The van der Waals surface area contributed by atoms with Crippen LogP contribution < -0.4 is 20.5 Å². The molecule has 0 unspecified atom stereocenters. The Hall–Kier alpha value is -3.46. The molecular weight excluding hydrogens is 389 g/mol. The van der Waals surface area contributed by atoms with Crippen molar-refractivity contribution in [3.63, 3.8) is 0 Å². The van der Waals surface area contributed by atoms with Crippen LogP contribution in [0.3, 0.4) is 0 Å². The van der Waals surface area contributed by atoms with Crippen LogP contribution in [-0.4, -0.2) is 6.85 Å². The molecule has 0 aliphatic carbocycles. The molecule has 0 N–H and O–H groups in total. The summed E-state index contributed by atoms with van der Waals surface area (Å²) < 4.78 is 6.54. The van der Waals surface area contributed by atoms with Crippen molar-refractivity contribution in [1.29, 1.82) is 0 Å². The molecule has 2 nitrogen and oxygen atoms in total. The molecule has 3 heteroatoms. The van der Waals surface area contributed by atoms with Crippen molar-refractivity contribution in [2.45, 2.75) is 33.1 Å². The van der Waals surface area contributed by atoms with Crippen LogP contribution in [0, 0.1) is 13.8 Å². The Kier molecular flexibility index (Phi) is 2.74. The topological polar surface area (TPSA) is 12.5 Å². The van der Waals surface area contributed by atoms with Gasteiger partial charge in [-0.1, -0.05) is 61.4 Å². The average molecular weight is 411 g/mol. The van der Waals surface area contributed by atoms with Gasteiger partial charge in [-0.3, -0.25) is 0 Å². The van der Waals surface area contributed by atoms with Crippen molar-refractivity contribution in [2.24, 2.45) is 0 Å². The van der Waals surface area contributed by atoms with Crippen molar-refractivity contribution in [2.75, 3.05) is 4.81 Å². The number of fused-ring (bicyclic) bond motifs is 2. The second kappa shape index (κ2) is 5.12. The largest absolute Gasteiger partial charge is 0.458 e. The summed E-state index contributed by atoms with van der Waals surface area (Å²) >= 11 is 0. The molecule has 0 saturated heterocycles. The number of aryl methyl sites for hydroxylation is 2. The van der Waals surface area contributed by atoms with E-state index < -0.39 is 0 Å². The Morgan fingerprint density at radius 3 is 1.69 bits per heavy atom. The molecule has 4 aliphatic heterocycles. The van der Waals surface area contributed by atoms with E-state index >= 15 is 0 Å². The molecule has 4 aromatic carbocycles. The molecule has 0 radical (unpaired) electrons. The van der Waals surface area contributed by atoms with Crippen molar-refractivity contribution >= 4 is 29.1 Å². The summed E-state index contributed by atoms with van der Waals surface area (Å²) in [6, 6.07) is 22.7. The summed E-state index contributed by atoms with van der Waals surface area (Å²) in [5.74, 6) is 1.99. The molecule has 4 heterocycles. The van der Waals surface area contributed by atoms with Crippen LogP contribution in [0.5, 0.6) is 11.5 Å². The molecule has 152 valence electrons. The smallest absolute Gasteiger partial charge is 0.337 e. The maximum Gasteiger partial charge on any atom is 0.337 e. The molecule has 0 aromatic heterocycles. The Labute approximate surface area is 188 Å². The zero-order valence-corrected chi connectivity index (χ0v) is 18.7. The van der Waals surface area contributed by atoms with Gasteiger partial charge in [-0.2, -0.15) is 0 Å². The van der Waals surface area contributed by atoms with Crippen LogP contribution in [0.25, 0.3) is 22.3 Å². The molecule has 0 fully saturated rings. The Morgan fingerprint density at radius 1 is 0.688 bits per heavy atom. The quantitative estimate of drug-likeness (QED) is 0.332. The monoisotopic (exact) mass is 411 g/mol. The number of hydrogen-bond donors (Lipinski definition) is 0. The third kappa shape index (κ3) is 1.71. The van der Waals surface area contributed by atoms with Gasteiger partial charge in [0.05, 0.1) is 0 Å². The summed E-state index contributed by atoms with van der Waals surface area (Å²) in [4.78, 5) is 2.65. The highest BCUT2D eigenvalue weighted by Gasteiger charge is 2.52.